The fourth-order valence-corrected chi connectivity index (χ4v) is 5.71. The number of alkyl halides is 5. The molecule has 2 amide bonds. The largest absolute Gasteiger partial charge is 0.516 e. The zero-order chi connectivity index (χ0) is 31.8. The van der Waals surface area contributed by atoms with Gasteiger partial charge in [-0.3, -0.25) is 14.4 Å². The summed E-state index contributed by atoms with van der Waals surface area (Å²) in [6.07, 6.45) is -2.90. The molecule has 13 nitrogen and oxygen atoms in total. The van der Waals surface area contributed by atoms with Gasteiger partial charge in [0.15, 0.2) is 0 Å². The molecule has 234 valence electrons. The summed E-state index contributed by atoms with van der Waals surface area (Å²) < 4.78 is 127. The van der Waals surface area contributed by atoms with Gasteiger partial charge in [0.2, 0.25) is 5.91 Å². The Morgan fingerprint density at radius 2 is 1.81 bits per heavy atom. The first kappa shape index (κ1) is 32.8. The minimum absolute atomic E-state index is 0.0175. The average Bonchev–Trinajstić information content (AvgIpc) is 3.24. The van der Waals surface area contributed by atoms with Gasteiger partial charge in [-0.25, -0.2) is 22.6 Å². The van der Waals surface area contributed by atoms with Crippen molar-refractivity contribution < 1.29 is 57.9 Å². The van der Waals surface area contributed by atoms with Crippen molar-refractivity contribution in [2.75, 3.05) is 22.8 Å². The summed E-state index contributed by atoms with van der Waals surface area (Å²) in [7, 11) is -10.8. The van der Waals surface area contributed by atoms with Crippen LogP contribution in [-0.4, -0.2) is 63.4 Å². The monoisotopic (exact) mass is 647 g/mol. The Kier molecular flexibility index (Phi) is 9.02. The van der Waals surface area contributed by atoms with E-state index in [2.05, 4.69) is 10.4 Å². The Labute approximate surface area is 237 Å². The maximum absolute atomic E-state index is 13.7. The Balaban J connectivity index is 1.98. The number of carbonyl (C=O) groups is 2. The maximum atomic E-state index is 13.7. The van der Waals surface area contributed by atoms with E-state index in [0.29, 0.717) is 10.5 Å². The first-order chi connectivity index (χ1) is 19.1. The fourth-order valence-electron chi connectivity index (χ4n) is 3.55. The van der Waals surface area contributed by atoms with Crippen LogP contribution in [0.3, 0.4) is 0 Å². The molecule has 0 bridgehead atoms. The van der Waals surface area contributed by atoms with Gasteiger partial charge >= 0.3 is 28.2 Å². The number of rotatable bonds is 8. The van der Waals surface area contributed by atoms with Crippen LogP contribution in [0.4, 0.5) is 38.1 Å². The van der Waals surface area contributed by atoms with Crippen molar-refractivity contribution >= 4 is 43.4 Å². The maximum Gasteiger partial charge on any atom is 0.516 e. The van der Waals surface area contributed by atoms with Gasteiger partial charge in [-0.05, 0) is 30.5 Å². The number of ether oxygens (including phenoxy) is 2. The van der Waals surface area contributed by atoms with E-state index in [0.717, 1.165) is 17.7 Å². The third-order valence-corrected chi connectivity index (χ3v) is 8.37. The average molecular weight is 648 g/mol. The molecule has 0 unspecified atom stereocenters. The minimum Gasteiger partial charge on any atom is -0.486 e. The van der Waals surface area contributed by atoms with Gasteiger partial charge in [0, 0.05) is 5.69 Å². The third kappa shape index (κ3) is 7.58. The number of anilines is 2. The molecule has 42 heavy (non-hydrogen) atoms. The van der Waals surface area contributed by atoms with Crippen LogP contribution in [0.5, 0.6) is 5.75 Å². The van der Waals surface area contributed by atoms with Crippen LogP contribution in [0.2, 0.25) is 0 Å². The number of benzene rings is 1. The second-order valence-electron chi connectivity index (χ2n) is 10.2. The second-order valence-corrected chi connectivity index (χ2v) is 13.7. The molecule has 1 aliphatic rings. The van der Waals surface area contributed by atoms with Crippen LogP contribution in [0.25, 0.3) is 0 Å². The van der Waals surface area contributed by atoms with Crippen molar-refractivity contribution in [1.82, 2.24) is 14.5 Å². The lowest BCUT2D eigenvalue weighted by atomic mass is 9.99. The number of aryl methyl sites for hydroxylation is 1. The van der Waals surface area contributed by atoms with E-state index in [1.165, 1.54) is 12.1 Å². The summed E-state index contributed by atoms with van der Waals surface area (Å²) in [6, 6.07) is 3.57. The van der Waals surface area contributed by atoms with Crippen LogP contribution in [0.1, 0.15) is 39.4 Å². The zero-order valence-corrected chi connectivity index (χ0v) is 24.0. The van der Waals surface area contributed by atoms with Gasteiger partial charge in [-0.1, -0.05) is 20.8 Å². The SMILES string of the molecule is Cc1nn(C(F)F)cc1S(=O)(=O)N1C[C@H](CC(=O)NS(=O)(=O)C(F)(F)F)Oc2ccc(NC(=O)OCC(C)(C)C)cc21. The highest BCUT2D eigenvalue weighted by Gasteiger charge is 2.47. The molecule has 0 aliphatic carbocycles. The molecule has 2 heterocycles. The molecule has 3 rings (SSSR count). The second kappa shape index (κ2) is 11.5. The highest BCUT2D eigenvalue weighted by atomic mass is 32.2. The van der Waals surface area contributed by atoms with E-state index in [1.807, 2.05) is 20.8 Å². The number of nitrogens with one attached hydrogen (secondary N) is 2. The number of nitrogens with zero attached hydrogens (tertiary/aromatic N) is 3. The molecule has 1 aliphatic heterocycles. The molecule has 0 saturated heterocycles. The smallest absolute Gasteiger partial charge is 0.486 e. The Hall–Kier alpha value is -3.68. The molecule has 0 radical (unpaired) electrons. The molecule has 2 N–H and O–H groups in total. The predicted molar refractivity (Wildman–Crippen MR) is 136 cm³/mol. The van der Waals surface area contributed by atoms with Gasteiger partial charge in [-0.15, -0.1) is 0 Å². The van der Waals surface area contributed by atoms with Crippen molar-refractivity contribution in [3.63, 3.8) is 0 Å². The fraction of sp³-hybridized carbons (Fsp3) is 0.500. The predicted octanol–water partition coefficient (Wildman–Crippen LogP) is 3.49. The van der Waals surface area contributed by atoms with Crippen molar-refractivity contribution in [2.45, 2.75) is 57.2 Å². The molecule has 20 heteroatoms. The van der Waals surface area contributed by atoms with E-state index in [-0.39, 0.29) is 39.5 Å². The summed E-state index contributed by atoms with van der Waals surface area (Å²) in [4.78, 5) is 23.7. The molecule has 0 spiro atoms. The van der Waals surface area contributed by atoms with E-state index in [4.69, 9.17) is 9.47 Å². The summed E-state index contributed by atoms with van der Waals surface area (Å²) in [5.74, 6) is -1.89. The Bertz CT molecular complexity index is 1570. The molecule has 2 aromatic rings. The molecule has 1 aromatic heterocycles. The van der Waals surface area contributed by atoms with Gasteiger partial charge in [-0.2, -0.15) is 35.5 Å². The molecular formula is C22H26F5N5O8S2. The number of hydrogen-bond donors (Lipinski definition) is 2. The van der Waals surface area contributed by atoms with Gasteiger partial charge < -0.3 is 9.47 Å². The quantitative estimate of drug-likeness (QED) is 0.408. The van der Waals surface area contributed by atoms with Gasteiger partial charge in [0.05, 0.1) is 37.2 Å². The number of fused-ring (bicyclic) bond motifs is 1. The topological polar surface area (TPSA) is 166 Å². The van der Waals surface area contributed by atoms with E-state index in [1.54, 1.807) is 0 Å². The van der Waals surface area contributed by atoms with Crippen LogP contribution in [-0.2, 0) is 29.6 Å². The molecule has 0 saturated carbocycles. The lowest BCUT2D eigenvalue weighted by Gasteiger charge is -2.35. The highest BCUT2D eigenvalue weighted by molar-refractivity contribution is 7.93. The van der Waals surface area contributed by atoms with Crippen molar-refractivity contribution in [3.05, 3.63) is 30.1 Å². The highest BCUT2D eigenvalue weighted by Crippen LogP contribution is 2.40. The van der Waals surface area contributed by atoms with Gasteiger partial charge in [0.25, 0.3) is 10.0 Å². The summed E-state index contributed by atoms with van der Waals surface area (Å²) in [5.41, 5.74) is -6.71. The Morgan fingerprint density at radius 1 is 1.17 bits per heavy atom. The van der Waals surface area contributed by atoms with Gasteiger partial charge in [0.1, 0.15) is 16.7 Å². The van der Waals surface area contributed by atoms with E-state index in [9.17, 15) is 48.4 Å². The van der Waals surface area contributed by atoms with Crippen LogP contribution >= 0.6 is 0 Å². The van der Waals surface area contributed by atoms with Crippen LogP contribution in [0, 0.1) is 12.3 Å². The summed E-state index contributed by atoms with van der Waals surface area (Å²) in [6.45, 7) is 2.65. The lowest BCUT2D eigenvalue weighted by Crippen LogP contribution is -2.47. The Morgan fingerprint density at radius 3 is 2.36 bits per heavy atom. The molecule has 1 aromatic carbocycles. The number of sulfonamides is 2. The third-order valence-electron chi connectivity index (χ3n) is 5.38. The van der Waals surface area contributed by atoms with Crippen LogP contribution in [0.15, 0.2) is 29.3 Å². The summed E-state index contributed by atoms with van der Waals surface area (Å²) in [5, 5.41) is 5.87. The first-order valence-electron chi connectivity index (χ1n) is 11.8. The zero-order valence-electron chi connectivity index (χ0n) is 22.4. The number of amides is 2. The van der Waals surface area contributed by atoms with E-state index < -0.39 is 68.1 Å². The number of halogens is 5. The number of aromatic nitrogens is 2. The summed E-state index contributed by atoms with van der Waals surface area (Å²) >= 11 is 0. The standard InChI is InChI=1S/C22H26F5N5O8S2/c1-12-17(10-31(29-12)19(23)24)41(35,36)32-9-14(8-18(33)30-42(37,38)22(25,26)27)40-16-6-5-13(7-15(16)32)28-20(34)39-11-21(2,3)4/h5-7,10,14,19H,8-9,11H2,1-4H3,(H,28,34)(H,30,33)/t14-/m0/s1. The van der Waals surface area contributed by atoms with Crippen molar-refractivity contribution in [1.29, 1.82) is 0 Å². The van der Waals surface area contributed by atoms with E-state index >= 15 is 0 Å². The normalized spacial score (nSPS) is 16.0. The van der Waals surface area contributed by atoms with Crippen molar-refractivity contribution in [3.8, 4) is 5.75 Å². The molecule has 1 atom stereocenters. The van der Waals surface area contributed by atoms with Crippen molar-refractivity contribution in [2.24, 2.45) is 5.41 Å². The van der Waals surface area contributed by atoms with Crippen LogP contribution < -0.4 is 19.1 Å². The first-order valence-corrected chi connectivity index (χ1v) is 14.8. The minimum atomic E-state index is -6.06. The molecular weight excluding hydrogens is 621 g/mol. The molecule has 0 fully saturated rings. The number of hydrogen-bond acceptors (Lipinski definition) is 9. The lowest BCUT2D eigenvalue weighted by molar-refractivity contribution is -0.121. The number of carbonyl (C=O) groups excluding carboxylic acids is 2.